The van der Waals surface area contributed by atoms with E-state index in [1.54, 1.807) is 4.90 Å². The van der Waals surface area contributed by atoms with Crippen LogP contribution in [0, 0.1) is 20.8 Å². The number of nitrogens with zero attached hydrogens (tertiary/aromatic N) is 2. The number of carbonyl (C=O) groups excluding carboxylic acids is 1. The summed E-state index contributed by atoms with van der Waals surface area (Å²) in [5.41, 5.74) is 6.81. The highest BCUT2D eigenvalue weighted by atomic mass is 32.2. The fraction of sp³-hybridized carbons (Fsp3) is 0.241. The molecule has 0 aliphatic carbocycles. The average Bonchev–Trinajstić information content (AvgIpc) is 3.09. The Morgan fingerprint density at radius 3 is 2.29 bits per heavy atom. The number of hydrogen-bond donors (Lipinski definition) is 0. The molecule has 0 saturated carbocycles. The molecule has 5 heteroatoms. The molecule has 0 unspecified atom stereocenters. The smallest absolute Gasteiger partial charge is 0.266 e. The van der Waals surface area contributed by atoms with Crippen LogP contribution in [-0.2, 0) is 11.4 Å². The van der Waals surface area contributed by atoms with Crippen molar-refractivity contribution in [2.24, 2.45) is 4.99 Å². The van der Waals surface area contributed by atoms with Gasteiger partial charge in [-0.2, -0.15) is 0 Å². The molecule has 1 fully saturated rings. The van der Waals surface area contributed by atoms with Crippen LogP contribution in [-0.4, -0.2) is 22.5 Å². The zero-order chi connectivity index (χ0) is 24.1. The Morgan fingerprint density at radius 1 is 0.971 bits per heavy atom. The van der Waals surface area contributed by atoms with Gasteiger partial charge in [0.05, 0.1) is 10.6 Å². The van der Waals surface area contributed by atoms with Crippen LogP contribution >= 0.6 is 11.8 Å². The Balaban J connectivity index is 1.48. The van der Waals surface area contributed by atoms with E-state index in [9.17, 15) is 4.79 Å². The van der Waals surface area contributed by atoms with Crippen molar-refractivity contribution in [3.63, 3.8) is 0 Å². The Kier molecular flexibility index (Phi) is 7.53. The molecule has 1 amide bonds. The standard InChI is InChI=1S/C29H30N2O2S/c1-5-15-31-28(32)27(34-29(31)30-24-9-7-6-8-10-24)18-23-11-13-25(14-12-23)33-19-26-21(3)16-20(2)17-22(26)4/h6-14,16-18H,5,15,19H2,1-4H3/b27-18+,30-29?. The Labute approximate surface area is 206 Å². The van der Waals surface area contributed by atoms with Crippen molar-refractivity contribution >= 4 is 34.6 Å². The molecule has 4 nitrogen and oxygen atoms in total. The summed E-state index contributed by atoms with van der Waals surface area (Å²) in [7, 11) is 0. The second kappa shape index (κ2) is 10.7. The van der Waals surface area contributed by atoms with Gasteiger partial charge in [-0.3, -0.25) is 9.69 Å². The van der Waals surface area contributed by atoms with E-state index in [1.807, 2.05) is 60.7 Å². The molecular formula is C29H30N2O2S. The molecule has 1 saturated heterocycles. The van der Waals surface area contributed by atoms with Crippen LogP contribution in [0.3, 0.4) is 0 Å². The largest absolute Gasteiger partial charge is 0.489 e. The number of aryl methyl sites for hydroxylation is 3. The van der Waals surface area contributed by atoms with Crippen molar-refractivity contribution in [3.8, 4) is 5.75 Å². The lowest BCUT2D eigenvalue weighted by Crippen LogP contribution is -2.29. The van der Waals surface area contributed by atoms with E-state index < -0.39 is 0 Å². The molecular weight excluding hydrogens is 440 g/mol. The molecule has 0 aromatic heterocycles. The summed E-state index contributed by atoms with van der Waals surface area (Å²) in [4.78, 5) is 20.2. The minimum atomic E-state index is 0.00665. The van der Waals surface area contributed by atoms with Gasteiger partial charge in [-0.1, -0.05) is 55.0 Å². The van der Waals surface area contributed by atoms with Crippen LogP contribution < -0.4 is 4.74 Å². The Morgan fingerprint density at radius 2 is 1.65 bits per heavy atom. The van der Waals surface area contributed by atoms with Crippen LogP contribution in [0.25, 0.3) is 6.08 Å². The first-order valence-electron chi connectivity index (χ1n) is 11.6. The number of thioether (sulfide) groups is 1. The van der Waals surface area contributed by atoms with E-state index in [0.29, 0.717) is 18.1 Å². The fourth-order valence-electron chi connectivity index (χ4n) is 4.03. The SMILES string of the molecule is CCCN1C(=O)/C(=C\c2ccc(OCc3c(C)cc(C)cc3C)cc2)SC1=Nc1ccccc1. The quantitative estimate of drug-likeness (QED) is 0.343. The summed E-state index contributed by atoms with van der Waals surface area (Å²) in [5.74, 6) is 0.818. The summed E-state index contributed by atoms with van der Waals surface area (Å²) in [6, 6.07) is 22.0. The van der Waals surface area contributed by atoms with Crippen LogP contribution in [0.2, 0.25) is 0 Å². The van der Waals surface area contributed by atoms with Crippen LogP contribution in [0.4, 0.5) is 5.69 Å². The van der Waals surface area contributed by atoms with E-state index in [-0.39, 0.29) is 5.91 Å². The number of aliphatic imine (C=N–C) groups is 1. The first kappa shape index (κ1) is 23.8. The summed E-state index contributed by atoms with van der Waals surface area (Å²) in [6.07, 6.45) is 2.81. The highest BCUT2D eigenvalue weighted by molar-refractivity contribution is 8.18. The Hall–Kier alpha value is -3.31. The maximum atomic E-state index is 13.0. The number of amides is 1. The topological polar surface area (TPSA) is 41.9 Å². The molecule has 34 heavy (non-hydrogen) atoms. The highest BCUT2D eigenvalue weighted by Crippen LogP contribution is 2.34. The molecule has 4 rings (SSSR count). The molecule has 0 atom stereocenters. The van der Waals surface area contributed by atoms with Gasteiger partial charge >= 0.3 is 0 Å². The van der Waals surface area contributed by atoms with Crippen molar-refractivity contribution < 1.29 is 9.53 Å². The van der Waals surface area contributed by atoms with Gasteiger partial charge in [-0.25, -0.2) is 4.99 Å². The molecule has 0 bridgehead atoms. The lowest BCUT2D eigenvalue weighted by Gasteiger charge is -2.13. The maximum Gasteiger partial charge on any atom is 0.266 e. The van der Waals surface area contributed by atoms with Crippen molar-refractivity contribution in [2.75, 3.05) is 6.54 Å². The molecule has 1 aliphatic heterocycles. The van der Waals surface area contributed by atoms with Gasteiger partial charge in [0.1, 0.15) is 12.4 Å². The van der Waals surface area contributed by atoms with E-state index in [4.69, 9.17) is 9.73 Å². The zero-order valence-electron chi connectivity index (χ0n) is 20.2. The van der Waals surface area contributed by atoms with Crippen molar-refractivity contribution in [2.45, 2.75) is 40.7 Å². The van der Waals surface area contributed by atoms with Crippen LogP contribution in [0.15, 0.2) is 76.6 Å². The zero-order valence-corrected chi connectivity index (χ0v) is 21.0. The summed E-state index contributed by atoms with van der Waals surface area (Å²) in [5, 5.41) is 0.730. The second-order valence-electron chi connectivity index (χ2n) is 8.53. The lowest BCUT2D eigenvalue weighted by atomic mass is 10.0. The minimum Gasteiger partial charge on any atom is -0.489 e. The van der Waals surface area contributed by atoms with Crippen molar-refractivity contribution in [1.29, 1.82) is 0 Å². The number of hydrogen-bond acceptors (Lipinski definition) is 4. The summed E-state index contributed by atoms with van der Waals surface area (Å²) >= 11 is 1.43. The highest BCUT2D eigenvalue weighted by Gasteiger charge is 2.32. The number of benzene rings is 3. The third-order valence-corrected chi connectivity index (χ3v) is 6.72. The number of carbonyl (C=O) groups is 1. The maximum absolute atomic E-state index is 13.0. The first-order valence-corrected chi connectivity index (χ1v) is 12.4. The van der Waals surface area contributed by atoms with Gasteiger partial charge in [-0.05, 0) is 91.5 Å². The number of para-hydroxylation sites is 1. The molecule has 3 aromatic rings. The number of ether oxygens (including phenoxy) is 1. The van der Waals surface area contributed by atoms with Crippen molar-refractivity contribution in [3.05, 3.63) is 99.5 Å². The van der Waals surface area contributed by atoms with Gasteiger partial charge < -0.3 is 4.74 Å². The number of rotatable bonds is 7. The van der Waals surface area contributed by atoms with Gasteiger partial charge in [0.15, 0.2) is 5.17 Å². The van der Waals surface area contributed by atoms with E-state index >= 15 is 0 Å². The molecule has 1 aliphatic rings. The van der Waals surface area contributed by atoms with Crippen molar-refractivity contribution in [1.82, 2.24) is 4.90 Å². The van der Waals surface area contributed by atoms with Gasteiger partial charge in [0.25, 0.3) is 5.91 Å². The number of amidine groups is 1. The monoisotopic (exact) mass is 470 g/mol. The lowest BCUT2D eigenvalue weighted by molar-refractivity contribution is -0.122. The molecule has 174 valence electrons. The van der Waals surface area contributed by atoms with Gasteiger partial charge in [0, 0.05) is 6.54 Å². The average molecular weight is 471 g/mol. The van der Waals surface area contributed by atoms with E-state index in [1.165, 1.54) is 34.0 Å². The summed E-state index contributed by atoms with van der Waals surface area (Å²) in [6.45, 7) is 9.63. The van der Waals surface area contributed by atoms with Crippen LogP contribution in [0.1, 0.15) is 41.2 Å². The fourth-order valence-corrected chi connectivity index (χ4v) is 5.05. The van der Waals surface area contributed by atoms with Crippen LogP contribution in [0.5, 0.6) is 5.75 Å². The third kappa shape index (κ3) is 5.60. The molecule has 0 radical (unpaired) electrons. The molecule has 0 spiro atoms. The van der Waals surface area contributed by atoms with Gasteiger partial charge in [0.2, 0.25) is 0 Å². The van der Waals surface area contributed by atoms with E-state index in [0.717, 1.165) is 28.6 Å². The van der Waals surface area contributed by atoms with Gasteiger partial charge in [-0.15, -0.1) is 0 Å². The molecule has 1 heterocycles. The second-order valence-corrected chi connectivity index (χ2v) is 9.54. The van der Waals surface area contributed by atoms with E-state index in [2.05, 4.69) is 39.8 Å². The predicted octanol–water partition coefficient (Wildman–Crippen LogP) is 7.20. The third-order valence-electron chi connectivity index (χ3n) is 5.72. The molecule has 3 aromatic carbocycles. The normalized spacial score (nSPS) is 16.0. The Bertz CT molecular complexity index is 1210. The summed E-state index contributed by atoms with van der Waals surface area (Å²) < 4.78 is 6.05. The molecule has 0 N–H and O–H groups in total. The minimum absolute atomic E-state index is 0.00665. The first-order chi connectivity index (χ1) is 16.4. The predicted molar refractivity (Wildman–Crippen MR) is 143 cm³/mol.